The van der Waals surface area contributed by atoms with Gasteiger partial charge in [0.1, 0.15) is 0 Å². The first-order valence-corrected chi connectivity index (χ1v) is 10.0. The molecule has 1 aliphatic rings. The van der Waals surface area contributed by atoms with Crippen LogP contribution >= 0.6 is 0 Å². The molecular formula is C24H27N3O. The van der Waals surface area contributed by atoms with Crippen LogP contribution in [0.15, 0.2) is 65.5 Å². The number of nitrogens with zero attached hydrogens (tertiary/aromatic N) is 2. The van der Waals surface area contributed by atoms with E-state index in [-0.39, 0.29) is 5.56 Å². The number of hydrogen-bond donors (Lipinski definition) is 1. The summed E-state index contributed by atoms with van der Waals surface area (Å²) in [6, 6.07) is 18.4. The van der Waals surface area contributed by atoms with Crippen LogP contribution in [0.2, 0.25) is 0 Å². The quantitative estimate of drug-likeness (QED) is 0.733. The first-order valence-electron chi connectivity index (χ1n) is 10.0. The average molecular weight is 374 g/mol. The van der Waals surface area contributed by atoms with E-state index in [0.717, 1.165) is 50.0 Å². The van der Waals surface area contributed by atoms with E-state index in [1.54, 1.807) is 6.07 Å². The van der Waals surface area contributed by atoms with Gasteiger partial charge >= 0.3 is 0 Å². The van der Waals surface area contributed by atoms with Gasteiger partial charge in [0, 0.05) is 50.0 Å². The van der Waals surface area contributed by atoms with Gasteiger partial charge in [-0.1, -0.05) is 30.4 Å². The molecule has 0 amide bonds. The number of aromatic nitrogens is 1. The van der Waals surface area contributed by atoms with E-state index in [9.17, 15) is 4.79 Å². The highest BCUT2D eigenvalue weighted by atomic mass is 16.1. The second kappa shape index (κ2) is 8.44. The van der Waals surface area contributed by atoms with Crippen molar-refractivity contribution in [1.82, 2.24) is 9.88 Å². The summed E-state index contributed by atoms with van der Waals surface area (Å²) in [7, 11) is 0. The van der Waals surface area contributed by atoms with Crippen molar-refractivity contribution < 1.29 is 0 Å². The molecule has 1 aliphatic heterocycles. The van der Waals surface area contributed by atoms with Crippen molar-refractivity contribution in [2.75, 3.05) is 37.6 Å². The van der Waals surface area contributed by atoms with Crippen LogP contribution in [-0.4, -0.2) is 42.6 Å². The Morgan fingerprint density at radius 1 is 1.00 bits per heavy atom. The van der Waals surface area contributed by atoms with E-state index in [1.807, 2.05) is 12.1 Å². The minimum atomic E-state index is -0.0571. The minimum absolute atomic E-state index is 0.0571. The fourth-order valence-electron chi connectivity index (χ4n) is 3.81. The van der Waals surface area contributed by atoms with Gasteiger partial charge in [-0.05, 0) is 60.2 Å². The molecule has 1 fully saturated rings. The first-order chi connectivity index (χ1) is 13.7. The molecule has 0 aliphatic carbocycles. The van der Waals surface area contributed by atoms with Gasteiger partial charge < -0.3 is 9.88 Å². The molecule has 0 bridgehead atoms. The van der Waals surface area contributed by atoms with Crippen molar-refractivity contribution in [1.29, 1.82) is 0 Å². The number of fused-ring (bicyclic) bond motifs is 1. The van der Waals surface area contributed by atoms with Crippen LogP contribution in [0.4, 0.5) is 5.69 Å². The van der Waals surface area contributed by atoms with Crippen molar-refractivity contribution >= 4 is 22.7 Å². The number of rotatable bonds is 5. The molecule has 0 radical (unpaired) electrons. The highest BCUT2D eigenvalue weighted by Gasteiger charge is 2.16. The van der Waals surface area contributed by atoms with Gasteiger partial charge in [0.05, 0.1) is 0 Å². The highest BCUT2D eigenvalue weighted by Crippen LogP contribution is 2.18. The fourth-order valence-corrected chi connectivity index (χ4v) is 3.81. The molecule has 2 aromatic carbocycles. The molecule has 4 nitrogen and oxygen atoms in total. The molecule has 0 spiro atoms. The monoisotopic (exact) mass is 373 g/mol. The second-order valence-electron chi connectivity index (χ2n) is 7.53. The Kier molecular flexibility index (Phi) is 5.58. The van der Waals surface area contributed by atoms with Crippen LogP contribution < -0.4 is 10.5 Å². The zero-order valence-electron chi connectivity index (χ0n) is 16.4. The summed E-state index contributed by atoms with van der Waals surface area (Å²) in [6.07, 6.45) is 5.47. The third kappa shape index (κ3) is 4.52. The van der Waals surface area contributed by atoms with E-state index in [4.69, 9.17) is 0 Å². The van der Waals surface area contributed by atoms with Crippen LogP contribution in [-0.2, 0) is 0 Å². The third-order valence-electron chi connectivity index (χ3n) is 5.41. The Morgan fingerprint density at radius 3 is 2.68 bits per heavy atom. The van der Waals surface area contributed by atoms with Crippen molar-refractivity contribution in [3.05, 3.63) is 82.2 Å². The SMILES string of the molecule is Cc1cccc(N2CCN(CC/C=C/c3ccc4[nH]c(=O)ccc4c3)CC2)c1. The smallest absolute Gasteiger partial charge is 0.248 e. The largest absolute Gasteiger partial charge is 0.369 e. The van der Waals surface area contributed by atoms with Gasteiger partial charge in [-0.3, -0.25) is 9.69 Å². The number of nitrogens with one attached hydrogen (secondary N) is 1. The van der Waals surface area contributed by atoms with Gasteiger partial charge in [-0.2, -0.15) is 0 Å². The van der Waals surface area contributed by atoms with E-state index < -0.39 is 0 Å². The Morgan fingerprint density at radius 2 is 1.86 bits per heavy atom. The van der Waals surface area contributed by atoms with Gasteiger partial charge in [0.15, 0.2) is 0 Å². The van der Waals surface area contributed by atoms with Crippen molar-refractivity contribution in [2.45, 2.75) is 13.3 Å². The molecule has 1 N–H and O–H groups in total. The zero-order valence-corrected chi connectivity index (χ0v) is 16.4. The number of H-pyrrole nitrogens is 1. The maximum Gasteiger partial charge on any atom is 0.248 e. The molecule has 0 saturated carbocycles. The topological polar surface area (TPSA) is 39.3 Å². The standard InChI is InChI=1S/C24H27N3O/c1-19-5-4-7-22(17-19)27-15-13-26(14-16-27)12-3-2-6-20-8-10-23-21(18-20)9-11-24(28)25-23/h2,4-11,17-18H,3,12-16H2,1H3,(H,25,28)/b6-2+. The number of aromatic amines is 1. The summed E-state index contributed by atoms with van der Waals surface area (Å²) in [4.78, 5) is 19.3. The predicted molar refractivity (Wildman–Crippen MR) is 118 cm³/mol. The van der Waals surface area contributed by atoms with E-state index in [2.05, 4.69) is 70.3 Å². The number of benzene rings is 2. The Balaban J connectivity index is 1.26. The van der Waals surface area contributed by atoms with Crippen LogP contribution in [0.5, 0.6) is 0 Å². The maximum atomic E-state index is 11.4. The lowest BCUT2D eigenvalue weighted by Gasteiger charge is -2.36. The lowest BCUT2D eigenvalue weighted by atomic mass is 10.1. The summed E-state index contributed by atoms with van der Waals surface area (Å²) in [6.45, 7) is 7.67. The molecule has 0 atom stereocenters. The highest BCUT2D eigenvalue weighted by molar-refractivity contribution is 5.80. The van der Waals surface area contributed by atoms with Gasteiger partial charge in [0.25, 0.3) is 0 Å². The van der Waals surface area contributed by atoms with Crippen LogP contribution in [0.1, 0.15) is 17.5 Å². The zero-order chi connectivity index (χ0) is 19.3. The fraction of sp³-hybridized carbons (Fsp3) is 0.292. The van der Waals surface area contributed by atoms with Crippen molar-refractivity contribution in [2.24, 2.45) is 0 Å². The maximum absolute atomic E-state index is 11.4. The number of anilines is 1. The molecule has 4 rings (SSSR count). The Bertz CT molecular complexity index is 1030. The molecular weight excluding hydrogens is 346 g/mol. The Hall–Kier alpha value is -2.85. The summed E-state index contributed by atoms with van der Waals surface area (Å²) >= 11 is 0. The summed E-state index contributed by atoms with van der Waals surface area (Å²) in [5.41, 5.74) is 4.67. The number of aryl methyl sites for hydroxylation is 1. The summed E-state index contributed by atoms with van der Waals surface area (Å²) in [5, 5.41) is 1.06. The van der Waals surface area contributed by atoms with E-state index in [0.29, 0.717) is 0 Å². The van der Waals surface area contributed by atoms with Gasteiger partial charge in [-0.15, -0.1) is 0 Å². The lowest BCUT2D eigenvalue weighted by molar-refractivity contribution is 0.263. The van der Waals surface area contributed by atoms with Crippen LogP contribution in [0.25, 0.3) is 17.0 Å². The van der Waals surface area contributed by atoms with E-state index in [1.165, 1.54) is 16.8 Å². The predicted octanol–water partition coefficient (Wildman–Crippen LogP) is 4.06. The molecule has 2 heterocycles. The van der Waals surface area contributed by atoms with Crippen molar-refractivity contribution in [3.63, 3.8) is 0 Å². The normalized spacial score (nSPS) is 15.5. The number of hydrogen-bond acceptors (Lipinski definition) is 3. The molecule has 3 aromatic rings. The van der Waals surface area contributed by atoms with Crippen LogP contribution in [0, 0.1) is 6.92 Å². The van der Waals surface area contributed by atoms with Crippen LogP contribution in [0.3, 0.4) is 0 Å². The number of pyridine rings is 1. The summed E-state index contributed by atoms with van der Waals surface area (Å²) in [5.74, 6) is 0. The molecule has 1 saturated heterocycles. The second-order valence-corrected chi connectivity index (χ2v) is 7.53. The van der Waals surface area contributed by atoms with Gasteiger partial charge in [-0.25, -0.2) is 0 Å². The third-order valence-corrected chi connectivity index (χ3v) is 5.41. The molecule has 28 heavy (non-hydrogen) atoms. The molecule has 144 valence electrons. The van der Waals surface area contributed by atoms with Crippen molar-refractivity contribution in [3.8, 4) is 0 Å². The Labute approximate surface area is 166 Å². The molecule has 0 unspecified atom stereocenters. The van der Waals surface area contributed by atoms with E-state index >= 15 is 0 Å². The molecule has 1 aromatic heterocycles. The van der Waals surface area contributed by atoms with Gasteiger partial charge in [0.2, 0.25) is 5.56 Å². The first kappa shape index (κ1) is 18.5. The molecule has 4 heteroatoms. The lowest BCUT2D eigenvalue weighted by Crippen LogP contribution is -2.46. The summed E-state index contributed by atoms with van der Waals surface area (Å²) < 4.78 is 0. The minimum Gasteiger partial charge on any atom is -0.369 e. The number of piperazine rings is 1. The average Bonchev–Trinajstić information content (AvgIpc) is 2.72.